The number of hydrogen-bond acceptors (Lipinski definition) is 4. The molecule has 0 aliphatic carbocycles. The van der Waals surface area contributed by atoms with Crippen molar-refractivity contribution in [3.8, 4) is 11.5 Å². The molecule has 0 bridgehead atoms. The van der Waals surface area contributed by atoms with Crippen molar-refractivity contribution < 1.29 is 17.9 Å². The summed E-state index contributed by atoms with van der Waals surface area (Å²) in [4.78, 5) is 12.8. The zero-order valence-corrected chi connectivity index (χ0v) is 20.7. The van der Waals surface area contributed by atoms with Gasteiger partial charge in [-0.15, -0.1) is 0 Å². The lowest BCUT2D eigenvalue weighted by Gasteiger charge is -2.14. The van der Waals surface area contributed by atoms with Gasteiger partial charge < -0.3 is 10.1 Å². The summed E-state index contributed by atoms with van der Waals surface area (Å²) in [6, 6.07) is 25.7. The molecular formula is C27H23ClN2O4S. The van der Waals surface area contributed by atoms with Crippen molar-refractivity contribution in [1.29, 1.82) is 0 Å². The van der Waals surface area contributed by atoms with Gasteiger partial charge in [-0.25, -0.2) is 8.42 Å². The molecule has 4 rings (SSSR count). The van der Waals surface area contributed by atoms with Crippen LogP contribution < -0.4 is 14.8 Å². The largest absolute Gasteiger partial charge is 0.455 e. The molecule has 0 saturated heterocycles. The molecule has 0 spiro atoms. The van der Waals surface area contributed by atoms with Gasteiger partial charge in [0.15, 0.2) is 5.75 Å². The molecule has 1 amide bonds. The SMILES string of the molecule is Cc1ccc(C)c(NS(=O)(=O)c2cc(C(=O)Nc3ccccc3Oc3ccccc3)ccc2Cl)c1. The van der Waals surface area contributed by atoms with Crippen LogP contribution in [0.25, 0.3) is 0 Å². The van der Waals surface area contributed by atoms with Crippen molar-refractivity contribution in [2.45, 2.75) is 18.7 Å². The topological polar surface area (TPSA) is 84.5 Å². The van der Waals surface area contributed by atoms with Crippen molar-refractivity contribution in [2.75, 3.05) is 10.0 Å². The van der Waals surface area contributed by atoms with Crippen molar-refractivity contribution >= 4 is 38.9 Å². The van der Waals surface area contributed by atoms with E-state index in [1.807, 2.05) is 37.3 Å². The summed E-state index contributed by atoms with van der Waals surface area (Å²) in [6.07, 6.45) is 0. The Kier molecular flexibility index (Phi) is 7.10. The minimum atomic E-state index is -4.05. The molecule has 178 valence electrons. The quantitative estimate of drug-likeness (QED) is 0.288. The minimum Gasteiger partial charge on any atom is -0.455 e. The van der Waals surface area contributed by atoms with Crippen LogP contribution in [0.5, 0.6) is 11.5 Å². The van der Waals surface area contributed by atoms with Gasteiger partial charge in [0, 0.05) is 5.56 Å². The second-order valence-electron chi connectivity index (χ2n) is 7.93. The molecule has 0 atom stereocenters. The Bertz CT molecular complexity index is 1490. The number of nitrogens with one attached hydrogen (secondary N) is 2. The van der Waals surface area contributed by atoms with Gasteiger partial charge in [0.05, 0.1) is 16.4 Å². The number of hydrogen-bond donors (Lipinski definition) is 2. The van der Waals surface area contributed by atoms with Crippen LogP contribution in [0, 0.1) is 13.8 Å². The molecule has 8 heteroatoms. The number of para-hydroxylation sites is 3. The summed E-state index contributed by atoms with van der Waals surface area (Å²) in [6.45, 7) is 3.67. The van der Waals surface area contributed by atoms with E-state index in [9.17, 15) is 13.2 Å². The highest BCUT2D eigenvalue weighted by Crippen LogP contribution is 2.31. The molecule has 0 unspecified atom stereocenters. The van der Waals surface area contributed by atoms with Crippen molar-refractivity contribution in [3.63, 3.8) is 0 Å². The first-order valence-corrected chi connectivity index (χ1v) is 12.6. The van der Waals surface area contributed by atoms with Crippen LogP contribution in [0.15, 0.2) is 95.9 Å². The zero-order valence-electron chi connectivity index (χ0n) is 19.1. The number of carbonyl (C=O) groups excluding carboxylic acids is 1. The molecule has 4 aromatic carbocycles. The van der Waals surface area contributed by atoms with Gasteiger partial charge in [-0.05, 0) is 73.5 Å². The standard InChI is InChI=1S/C27H23ClN2O4S/c1-18-12-13-19(2)24(16-18)30-35(32,33)26-17-20(14-15-22(26)28)27(31)29-23-10-6-7-11-25(23)34-21-8-4-3-5-9-21/h3-17,30H,1-2H3,(H,29,31). The van der Waals surface area contributed by atoms with E-state index in [0.29, 0.717) is 22.9 Å². The maximum atomic E-state index is 13.1. The molecule has 35 heavy (non-hydrogen) atoms. The maximum absolute atomic E-state index is 13.1. The molecule has 0 heterocycles. The average Bonchev–Trinajstić information content (AvgIpc) is 2.83. The van der Waals surface area contributed by atoms with Crippen LogP contribution in [0.3, 0.4) is 0 Å². The van der Waals surface area contributed by atoms with Crippen LogP contribution in [0.1, 0.15) is 21.5 Å². The van der Waals surface area contributed by atoms with Gasteiger partial charge in [0.1, 0.15) is 10.6 Å². The summed E-state index contributed by atoms with van der Waals surface area (Å²) >= 11 is 6.23. The number of aryl methyl sites for hydroxylation is 2. The Labute approximate surface area is 209 Å². The second kappa shape index (κ2) is 10.2. The molecule has 0 aliphatic rings. The first kappa shape index (κ1) is 24.3. The molecule has 6 nitrogen and oxygen atoms in total. The molecule has 2 N–H and O–H groups in total. The van der Waals surface area contributed by atoms with E-state index in [-0.39, 0.29) is 15.5 Å². The highest BCUT2D eigenvalue weighted by Gasteiger charge is 2.22. The van der Waals surface area contributed by atoms with E-state index in [2.05, 4.69) is 10.0 Å². The predicted octanol–water partition coefficient (Wildman–Crippen LogP) is 6.80. The summed E-state index contributed by atoms with van der Waals surface area (Å²) in [5, 5.41) is 2.80. The number of rotatable bonds is 7. The molecular weight excluding hydrogens is 484 g/mol. The highest BCUT2D eigenvalue weighted by molar-refractivity contribution is 7.92. The van der Waals surface area contributed by atoms with E-state index < -0.39 is 15.9 Å². The summed E-state index contributed by atoms with van der Waals surface area (Å²) in [5.41, 5.74) is 2.69. The van der Waals surface area contributed by atoms with Crippen molar-refractivity contribution in [1.82, 2.24) is 0 Å². The summed E-state index contributed by atoms with van der Waals surface area (Å²) < 4.78 is 34.7. The molecule has 0 aliphatic heterocycles. The Hall–Kier alpha value is -3.81. The lowest BCUT2D eigenvalue weighted by molar-refractivity contribution is 0.102. The van der Waals surface area contributed by atoms with E-state index in [0.717, 1.165) is 11.1 Å². The van der Waals surface area contributed by atoms with E-state index >= 15 is 0 Å². The fraction of sp³-hybridized carbons (Fsp3) is 0.0741. The first-order valence-electron chi connectivity index (χ1n) is 10.8. The minimum absolute atomic E-state index is 0.00664. The fourth-order valence-corrected chi connectivity index (χ4v) is 5.01. The zero-order chi connectivity index (χ0) is 25.0. The Morgan fingerprint density at radius 1 is 0.829 bits per heavy atom. The van der Waals surface area contributed by atoms with Crippen LogP contribution in [0.2, 0.25) is 5.02 Å². The normalized spacial score (nSPS) is 11.1. The number of benzene rings is 4. The van der Waals surface area contributed by atoms with Crippen LogP contribution in [-0.2, 0) is 10.0 Å². The number of sulfonamides is 1. The maximum Gasteiger partial charge on any atom is 0.263 e. The Morgan fingerprint density at radius 3 is 2.31 bits per heavy atom. The monoisotopic (exact) mass is 506 g/mol. The smallest absolute Gasteiger partial charge is 0.263 e. The van der Waals surface area contributed by atoms with Crippen LogP contribution >= 0.6 is 11.6 Å². The number of anilines is 2. The van der Waals surface area contributed by atoms with Gasteiger partial charge in [-0.1, -0.05) is 54.1 Å². The lowest BCUT2D eigenvalue weighted by Crippen LogP contribution is -2.17. The second-order valence-corrected chi connectivity index (χ2v) is 9.99. The Balaban J connectivity index is 1.60. The third kappa shape index (κ3) is 5.82. The van der Waals surface area contributed by atoms with E-state index in [1.54, 1.807) is 49.4 Å². The molecule has 4 aromatic rings. The lowest BCUT2D eigenvalue weighted by atomic mass is 10.1. The fourth-order valence-electron chi connectivity index (χ4n) is 3.36. The van der Waals surface area contributed by atoms with Gasteiger partial charge in [-0.2, -0.15) is 0 Å². The molecule has 0 fully saturated rings. The third-order valence-corrected chi connectivity index (χ3v) is 7.07. The van der Waals surface area contributed by atoms with Gasteiger partial charge in [0.25, 0.3) is 15.9 Å². The molecule has 0 saturated carbocycles. The van der Waals surface area contributed by atoms with E-state index in [1.165, 1.54) is 18.2 Å². The van der Waals surface area contributed by atoms with Gasteiger partial charge in [0.2, 0.25) is 0 Å². The number of amides is 1. The number of carbonyl (C=O) groups is 1. The Morgan fingerprint density at radius 2 is 1.54 bits per heavy atom. The van der Waals surface area contributed by atoms with Crippen molar-refractivity contribution in [3.05, 3.63) is 113 Å². The summed E-state index contributed by atoms with van der Waals surface area (Å²) in [7, 11) is -4.05. The van der Waals surface area contributed by atoms with Gasteiger partial charge in [-0.3, -0.25) is 9.52 Å². The first-order chi connectivity index (χ1) is 16.7. The van der Waals surface area contributed by atoms with Crippen LogP contribution in [0.4, 0.5) is 11.4 Å². The molecule has 0 aromatic heterocycles. The van der Waals surface area contributed by atoms with Gasteiger partial charge >= 0.3 is 0 Å². The highest BCUT2D eigenvalue weighted by atomic mass is 35.5. The predicted molar refractivity (Wildman–Crippen MR) is 139 cm³/mol. The number of ether oxygens (including phenoxy) is 1. The third-order valence-electron chi connectivity index (χ3n) is 5.23. The van der Waals surface area contributed by atoms with Crippen molar-refractivity contribution in [2.24, 2.45) is 0 Å². The number of halogens is 1. The average molecular weight is 507 g/mol. The molecule has 0 radical (unpaired) electrons. The van der Waals surface area contributed by atoms with E-state index in [4.69, 9.17) is 16.3 Å². The summed E-state index contributed by atoms with van der Waals surface area (Å²) in [5.74, 6) is 0.561. The van der Waals surface area contributed by atoms with Crippen LogP contribution in [-0.4, -0.2) is 14.3 Å².